The van der Waals surface area contributed by atoms with Gasteiger partial charge in [-0.1, -0.05) is 0 Å². The lowest BCUT2D eigenvalue weighted by molar-refractivity contribution is -0.147. The Kier molecular flexibility index (Phi) is 7.31. The summed E-state index contributed by atoms with van der Waals surface area (Å²) >= 11 is 1.51. The monoisotopic (exact) mass is 264 g/mol. The van der Waals surface area contributed by atoms with Crippen LogP contribution in [0.2, 0.25) is 0 Å². The summed E-state index contributed by atoms with van der Waals surface area (Å²) in [6.07, 6.45) is 1.60. The molecule has 0 bridgehead atoms. The van der Waals surface area contributed by atoms with Gasteiger partial charge in [0.15, 0.2) is 0 Å². The van der Waals surface area contributed by atoms with Crippen molar-refractivity contribution in [1.29, 1.82) is 0 Å². The normalized spacial score (nSPS) is 13.8. The van der Waals surface area contributed by atoms with Crippen molar-refractivity contribution >= 4 is 29.6 Å². The third-order valence-corrected chi connectivity index (χ3v) is 2.61. The van der Waals surface area contributed by atoms with Gasteiger partial charge in [-0.25, -0.2) is 4.79 Å². The summed E-state index contributed by atoms with van der Waals surface area (Å²) < 4.78 is 0. The summed E-state index contributed by atoms with van der Waals surface area (Å²) in [4.78, 5) is 32.5. The molecule has 0 aromatic rings. The molecule has 0 rings (SSSR count). The van der Waals surface area contributed by atoms with Gasteiger partial charge in [-0.15, -0.1) is 0 Å². The molecule has 2 atom stereocenters. The van der Waals surface area contributed by atoms with Crippen molar-refractivity contribution in [3.05, 3.63) is 0 Å². The van der Waals surface area contributed by atoms with Gasteiger partial charge in [0.2, 0.25) is 5.91 Å². The summed E-state index contributed by atoms with van der Waals surface area (Å²) in [5.41, 5.74) is 5.52. The second kappa shape index (κ2) is 7.91. The van der Waals surface area contributed by atoms with E-state index in [1.54, 1.807) is 0 Å². The smallest absolute Gasteiger partial charge is 0.326 e. The van der Waals surface area contributed by atoms with Crippen LogP contribution in [0.15, 0.2) is 0 Å². The summed E-state index contributed by atoms with van der Waals surface area (Å²) in [5, 5.41) is 19.3. The molecule has 17 heavy (non-hydrogen) atoms. The Balaban J connectivity index is 4.29. The first-order valence-corrected chi connectivity index (χ1v) is 6.27. The summed E-state index contributed by atoms with van der Waals surface area (Å²) in [5.74, 6) is -2.66. The molecule has 0 saturated heterocycles. The zero-order valence-electron chi connectivity index (χ0n) is 9.38. The Labute approximate surface area is 103 Å². The number of thioether (sulfide) groups is 1. The number of aliphatic carboxylic acids is 2. The Hall–Kier alpha value is -1.28. The fourth-order valence-corrected chi connectivity index (χ4v) is 1.52. The average Bonchev–Trinajstić information content (AvgIpc) is 2.23. The number of amides is 1. The second-order valence-electron chi connectivity index (χ2n) is 3.39. The standard InChI is InChI=1S/C9H16N2O5S/c1-17-3-2-5(10)8(14)11-6(9(15)16)4-7(12)13/h5-6H,2-4,10H2,1H3,(H,11,14)(H,12,13)(H,15,16)/t5-,6-/m1/s1. The van der Waals surface area contributed by atoms with Crippen LogP contribution in [0.4, 0.5) is 0 Å². The molecule has 0 fully saturated rings. The zero-order valence-corrected chi connectivity index (χ0v) is 10.2. The van der Waals surface area contributed by atoms with E-state index in [0.717, 1.165) is 0 Å². The SMILES string of the molecule is CSCC[C@@H](N)C(=O)N[C@H](CC(=O)O)C(=O)O. The molecule has 0 radical (unpaired) electrons. The van der Waals surface area contributed by atoms with Crippen LogP contribution < -0.4 is 11.1 Å². The van der Waals surface area contributed by atoms with Gasteiger partial charge in [0.05, 0.1) is 12.5 Å². The first-order valence-electron chi connectivity index (χ1n) is 4.88. The highest BCUT2D eigenvalue weighted by Crippen LogP contribution is 2.00. The predicted molar refractivity (Wildman–Crippen MR) is 62.8 cm³/mol. The van der Waals surface area contributed by atoms with Gasteiger partial charge >= 0.3 is 11.9 Å². The topological polar surface area (TPSA) is 130 Å². The number of rotatable bonds is 8. The van der Waals surface area contributed by atoms with Gasteiger partial charge in [0, 0.05) is 0 Å². The van der Waals surface area contributed by atoms with Crippen molar-refractivity contribution in [2.75, 3.05) is 12.0 Å². The van der Waals surface area contributed by atoms with E-state index in [9.17, 15) is 14.4 Å². The largest absolute Gasteiger partial charge is 0.481 e. The van der Waals surface area contributed by atoms with Crippen LogP contribution in [0.3, 0.4) is 0 Å². The highest BCUT2D eigenvalue weighted by molar-refractivity contribution is 7.98. The van der Waals surface area contributed by atoms with Crippen LogP contribution in [0.1, 0.15) is 12.8 Å². The number of hydrogen-bond donors (Lipinski definition) is 4. The van der Waals surface area contributed by atoms with E-state index in [1.807, 2.05) is 6.26 Å². The number of carboxylic acids is 2. The number of nitrogens with one attached hydrogen (secondary N) is 1. The maximum Gasteiger partial charge on any atom is 0.326 e. The van der Waals surface area contributed by atoms with Gasteiger partial charge in [0.25, 0.3) is 0 Å². The minimum absolute atomic E-state index is 0.409. The van der Waals surface area contributed by atoms with E-state index in [-0.39, 0.29) is 0 Å². The fourth-order valence-electron chi connectivity index (χ4n) is 1.03. The van der Waals surface area contributed by atoms with Crippen molar-refractivity contribution in [2.24, 2.45) is 5.73 Å². The molecule has 8 heteroatoms. The van der Waals surface area contributed by atoms with Crippen molar-refractivity contribution in [2.45, 2.75) is 24.9 Å². The molecule has 0 unspecified atom stereocenters. The van der Waals surface area contributed by atoms with Crippen LogP contribution in [-0.4, -0.2) is 52.2 Å². The first-order chi connectivity index (χ1) is 7.88. The van der Waals surface area contributed by atoms with Crippen LogP contribution in [0.5, 0.6) is 0 Å². The van der Waals surface area contributed by atoms with Crippen LogP contribution in [0, 0.1) is 0 Å². The average molecular weight is 264 g/mol. The summed E-state index contributed by atoms with van der Waals surface area (Å²) in [6.45, 7) is 0. The third-order valence-electron chi connectivity index (χ3n) is 1.96. The van der Waals surface area contributed by atoms with Crippen molar-refractivity contribution < 1.29 is 24.6 Å². The maximum absolute atomic E-state index is 11.4. The number of carbonyl (C=O) groups is 3. The van der Waals surface area contributed by atoms with E-state index in [2.05, 4.69) is 5.32 Å². The maximum atomic E-state index is 11.4. The van der Waals surface area contributed by atoms with Crippen LogP contribution in [-0.2, 0) is 14.4 Å². The lowest BCUT2D eigenvalue weighted by Gasteiger charge is -2.16. The number of hydrogen-bond acceptors (Lipinski definition) is 5. The molecule has 5 N–H and O–H groups in total. The highest BCUT2D eigenvalue weighted by Gasteiger charge is 2.25. The number of carboxylic acid groups (broad SMARTS) is 2. The molecule has 1 amide bonds. The van der Waals surface area contributed by atoms with Gasteiger partial charge < -0.3 is 21.3 Å². The number of carbonyl (C=O) groups excluding carboxylic acids is 1. The van der Waals surface area contributed by atoms with Gasteiger partial charge in [-0.3, -0.25) is 9.59 Å². The first kappa shape index (κ1) is 15.7. The predicted octanol–water partition coefficient (Wildman–Crippen LogP) is -0.889. The summed E-state index contributed by atoms with van der Waals surface area (Å²) in [6, 6.07) is -2.27. The minimum atomic E-state index is -1.44. The molecule has 0 spiro atoms. The molecule has 0 aliphatic heterocycles. The Morgan fingerprint density at radius 1 is 1.35 bits per heavy atom. The third kappa shape index (κ3) is 6.80. The van der Waals surface area contributed by atoms with Crippen molar-refractivity contribution in [1.82, 2.24) is 5.32 Å². The van der Waals surface area contributed by atoms with Gasteiger partial charge in [0.1, 0.15) is 6.04 Å². The molecule has 0 heterocycles. The molecular formula is C9H16N2O5S. The molecule has 0 aliphatic rings. The fraction of sp³-hybridized carbons (Fsp3) is 0.667. The lowest BCUT2D eigenvalue weighted by atomic mass is 10.1. The summed E-state index contributed by atoms with van der Waals surface area (Å²) in [7, 11) is 0. The van der Waals surface area contributed by atoms with E-state index in [0.29, 0.717) is 12.2 Å². The minimum Gasteiger partial charge on any atom is -0.481 e. The molecular weight excluding hydrogens is 248 g/mol. The lowest BCUT2D eigenvalue weighted by Crippen LogP contribution is -2.49. The number of nitrogens with two attached hydrogens (primary N) is 1. The van der Waals surface area contributed by atoms with Crippen LogP contribution >= 0.6 is 11.8 Å². The Morgan fingerprint density at radius 3 is 2.35 bits per heavy atom. The second-order valence-corrected chi connectivity index (χ2v) is 4.37. The van der Waals surface area contributed by atoms with Gasteiger partial charge in [-0.2, -0.15) is 11.8 Å². The molecule has 0 aromatic heterocycles. The quantitative estimate of drug-likeness (QED) is 0.447. The van der Waals surface area contributed by atoms with E-state index in [1.165, 1.54) is 11.8 Å². The molecule has 0 aliphatic carbocycles. The molecule has 0 aromatic carbocycles. The highest BCUT2D eigenvalue weighted by atomic mass is 32.2. The molecule has 0 saturated carbocycles. The van der Waals surface area contributed by atoms with E-state index < -0.39 is 36.4 Å². The Morgan fingerprint density at radius 2 is 1.94 bits per heavy atom. The van der Waals surface area contributed by atoms with Gasteiger partial charge in [-0.05, 0) is 18.4 Å². The molecule has 98 valence electrons. The Bertz CT molecular complexity index is 297. The van der Waals surface area contributed by atoms with Crippen LogP contribution in [0.25, 0.3) is 0 Å². The van der Waals surface area contributed by atoms with E-state index >= 15 is 0 Å². The van der Waals surface area contributed by atoms with E-state index in [4.69, 9.17) is 15.9 Å². The van der Waals surface area contributed by atoms with Crippen molar-refractivity contribution in [3.8, 4) is 0 Å². The zero-order chi connectivity index (χ0) is 13.4. The molecule has 7 nitrogen and oxygen atoms in total. The van der Waals surface area contributed by atoms with Crippen molar-refractivity contribution in [3.63, 3.8) is 0 Å².